The van der Waals surface area contributed by atoms with Crippen LogP contribution in [0.1, 0.15) is 77.0 Å². The third kappa shape index (κ3) is 52.4. The zero-order valence-electron chi connectivity index (χ0n) is 34.5. The molecule has 0 unspecified atom stereocenters. The average Bonchev–Trinajstić information content (AvgIpc) is 3.83. The van der Waals surface area contributed by atoms with Crippen molar-refractivity contribution in [2.45, 2.75) is 77.0 Å². The molecule has 0 amide bonds. The van der Waals surface area contributed by atoms with E-state index in [1.165, 1.54) is 143 Å². The van der Waals surface area contributed by atoms with Crippen LogP contribution >= 0.6 is 63.7 Å². The van der Waals surface area contributed by atoms with Crippen LogP contribution in [0.2, 0.25) is 0 Å². The van der Waals surface area contributed by atoms with E-state index < -0.39 is 21.1 Å². The smallest absolute Gasteiger partial charge is 1.00 e. The Balaban J connectivity index is -0.0000000796. The first kappa shape index (κ1) is 77.3. The zero-order valence-corrected chi connectivity index (χ0v) is 53.2. The van der Waals surface area contributed by atoms with Gasteiger partial charge in [0.05, 0.1) is 90.2 Å². The van der Waals surface area contributed by atoms with E-state index in [1.54, 1.807) is 0 Å². The number of nitrogens with zero attached hydrogens (tertiary/aromatic N) is 4. The van der Waals surface area contributed by atoms with E-state index in [-0.39, 0.29) is 145 Å². The van der Waals surface area contributed by atoms with Gasteiger partial charge in [0.15, 0.2) is 0 Å². The van der Waals surface area contributed by atoms with E-state index in [1.807, 2.05) is 0 Å². The van der Waals surface area contributed by atoms with Crippen LogP contribution in [0.25, 0.3) is 0 Å². The Kier molecular flexibility index (Phi) is 69.4. The van der Waals surface area contributed by atoms with Gasteiger partial charge in [-0.3, -0.25) is 0 Å². The first-order valence-corrected chi connectivity index (χ1v) is 24.7. The van der Waals surface area contributed by atoms with Crippen LogP contribution in [0.3, 0.4) is 0 Å². The first-order chi connectivity index (χ1) is 22.5. The van der Waals surface area contributed by atoms with Gasteiger partial charge in [-0.2, -0.15) is 11.0 Å². The van der Waals surface area contributed by atoms with Crippen LogP contribution in [-0.4, -0.2) is 163 Å². The predicted octanol–water partition coefficient (Wildman–Crippen LogP) is -11.5. The van der Waals surface area contributed by atoms with E-state index in [2.05, 4.69) is 96.8 Å². The molecule has 0 bridgehead atoms. The van der Waals surface area contributed by atoms with Crippen molar-refractivity contribution in [2.75, 3.05) is 127 Å². The van der Waals surface area contributed by atoms with Crippen molar-refractivity contribution in [3.63, 3.8) is 0 Å². The molecule has 4 rings (SSSR count). The first-order valence-electron chi connectivity index (χ1n) is 17.6. The molecule has 10 nitrogen and oxygen atoms in total. The van der Waals surface area contributed by atoms with Gasteiger partial charge in [-0.1, -0.05) is 63.7 Å². The molecule has 0 aromatic rings. The van der Waals surface area contributed by atoms with Gasteiger partial charge in [-0.25, -0.2) is 8.42 Å². The number of rotatable bonds is 12. The molecular weight excluding hydrogens is 1230 g/mol. The Labute approximate surface area is 465 Å². The van der Waals surface area contributed by atoms with Gasteiger partial charge in [-0.05, 0) is 39.4 Å². The summed E-state index contributed by atoms with van der Waals surface area (Å²) in [7, 11) is 1.96. The summed E-state index contributed by atoms with van der Waals surface area (Å²) in [5, 5.41) is 4.55. The molecule has 0 atom stereocenters. The van der Waals surface area contributed by atoms with Crippen molar-refractivity contribution in [3.8, 4) is 0 Å². The molecule has 0 N–H and O–H groups in total. The van der Waals surface area contributed by atoms with Crippen LogP contribution < -0.4 is 140 Å². The second-order valence-electron chi connectivity index (χ2n) is 14.1. The topological polar surface area (TPSA) is 118 Å². The molecule has 22 heteroatoms. The Morgan fingerprint density at radius 3 is 0.963 bits per heavy atom. The number of likely N-dealkylation sites (tertiary alicyclic amines) is 4. The third-order valence-corrected chi connectivity index (χ3v) is 12.3. The molecule has 0 radical (unpaired) electrons. The molecule has 4 aliphatic heterocycles. The Morgan fingerprint density at radius 1 is 0.556 bits per heavy atom. The number of hydrogen-bond acceptors (Lipinski definition) is 8. The van der Waals surface area contributed by atoms with Crippen molar-refractivity contribution in [2.24, 2.45) is 0 Å². The fraction of sp³-hybridized carbons (Fsp3) is 1.00. The molecule has 316 valence electrons. The van der Waals surface area contributed by atoms with Crippen molar-refractivity contribution >= 4 is 84.8 Å². The van der Waals surface area contributed by atoms with Gasteiger partial charge in [0.1, 0.15) is 0 Å². The van der Waals surface area contributed by atoms with E-state index in [0.29, 0.717) is 6.42 Å². The maximum Gasteiger partial charge on any atom is 1.00 e. The third-order valence-electron chi connectivity index (χ3n) is 9.29. The quantitative estimate of drug-likeness (QED) is 0.0477. The summed E-state index contributed by atoms with van der Waals surface area (Å²) >= 11 is 13.5. The van der Waals surface area contributed by atoms with Gasteiger partial charge >= 0.3 is 88.7 Å². The van der Waals surface area contributed by atoms with Crippen molar-refractivity contribution in [1.82, 2.24) is 4.90 Å². The molecule has 54 heavy (non-hydrogen) atoms. The zero-order chi connectivity index (χ0) is 37.0. The largest absolute Gasteiger partial charge is 1.00 e. The van der Waals surface area contributed by atoms with E-state index in [9.17, 15) is 13.0 Å². The SMILES string of the molecule is BrCCCBr.CN1CCCC1.C[N+]1(CCCBr)CCCC1.C[N+]1(CCCBr)CCCC1.C[N+]1(CCCS(=O)(=O)[O-])CCCC1.O=[S-](=O)[O-].[Br-].[Br-].[Br-].[Na+].[Na+].[Na+]. The summed E-state index contributed by atoms with van der Waals surface area (Å²) in [5.74, 6) is -0.208. The molecule has 0 aromatic heterocycles. The van der Waals surface area contributed by atoms with Gasteiger partial charge < -0.3 is 86.8 Å². The summed E-state index contributed by atoms with van der Waals surface area (Å²) in [6.45, 7) is 14.1. The maximum atomic E-state index is 10.3. The molecule has 4 aliphatic rings. The van der Waals surface area contributed by atoms with Crippen LogP contribution in [0.4, 0.5) is 0 Å². The molecule has 4 saturated heterocycles. The number of alkyl halides is 4. The minimum absolute atomic E-state index is 0. The normalized spacial score (nSPS) is 18.2. The Bertz CT molecular complexity index is 918. The van der Waals surface area contributed by atoms with Crippen molar-refractivity contribution < 1.29 is 179 Å². The van der Waals surface area contributed by atoms with E-state index >= 15 is 0 Å². The summed E-state index contributed by atoms with van der Waals surface area (Å²) in [5.41, 5.74) is 0. The van der Waals surface area contributed by atoms with E-state index in [0.717, 1.165) is 34.8 Å². The molecule has 0 saturated carbocycles. The molecule has 0 aromatic carbocycles. The Morgan fingerprint density at radius 2 is 0.796 bits per heavy atom. The molecule has 0 spiro atoms. The number of hydrogen-bond donors (Lipinski definition) is 0. The molecular formula is C32H68Br7N4Na3O6S2. The van der Waals surface area contributed by atoms with E-state index in [4.69, 9.17) is 13.0 Å². The summed E-state index contributed by atoms with van der Waals surface area (Å²) in [6.07, 6.45) is 15.4. The summed E-state index contributed by atoms with van der Waals surface area (Å²) < 4.78 is 60.0. The van der Waals surface area contributed by atoms with Crippen molar-refractivity contribution in [1.29, 1.82) is 0 Å². The standard InChI is InChI=1S/2C8H17BrN.C8H17NO3S.C5H11N.C3H6Br2.3BrH.3Na.O3S/c2*1-10(8-4-5-9)6-2-3-7-10;1-9(5-2-3-6-9)7-4-8-13(10,11)12;1-6-4-2-3-5-6;4-2-1-3-5;;;;;;;1-4(2)3/h2*2-8H2,1H3;2-8H2,1H3;2-5H2,1H3;1-3H2;3*1H;;;;/q2*+1;;;;;;;3*+1;-2/p-3. The second-order valence-corrected chi connectivity index (χ2v) is 19.2. The van der Waals surface area contributed by atoms with Gasteiger partial charge in [0.2, 0.25) is 0 Å². The molecule has 0 aliphatic carbocycles. The maximum absolute atomic E-state index is 10.3. The van der Waals surface area contributed by atoms with Crippen LogP contribution in [0.5, 0.6) is 0 Å². The predicted molar refractivity (Wildman–Crippen MR) is 215 cm³/mol. The van der Waals surface area contributed by atoms with Crippen LogP contribution in [0.15, 0.2) is 0 Å². The van der Waals surface area contributed by atoms with Gasteiger partial charge in [0.25, 0.3) is 0 Å². The minimum atomic E-state index is -4.00. The molecule has 4 heterocycles. The fourth-order valence-corrected chi connectivity index (χ4v) is 8.70. The van der Waals surface area contributed by atoms with Gasteiger partial charge in [0, 0.05) is 84.9 Å². The number of halogens is 7. The monoisotopic (exact) mass is 1290 g/mol. The van der Waals surface area contributed by atoms with Gasteiger partial charge in [-0.15, -0.1) is 0 Å². The fourth-order valence-electron chi connectivity index (χ4n) is 6.40. The molecule has 4 fully saturated rings. The summed E-state index contributed by atoms with van der Waals surface area (Å²) in [6, 6.07) is 0. The minimum Gasteiger partial charge on any atom is -1.00 e. The van der Waals surface area contributed by atoms with Crippen molar-refractivity contribution in [3.05, 3.63) is 0 Å². The average molecular weight is 1300 g/mol. The second kappa shape index (κ2) is 48.5. The summed E-state index contributed by atoms with van der Waals surface area (Å²) in [4.78, 5) is 2.36. The Hall–Kier alpha value is 6.02. The number of quaternary nitrogens is 3. The van der Waals surface area contributed by atoms with Crippen LogP contribution in [-0.2, 0) is 29.5 Å². The van der Waals surface area contributed by atoms with Crippen LogP contribution in [0, 0.1) is 0 Å².